The van der Waals surface area contributed by atoms with Crippen LogP contribution >= 0.6 is 0 Å². The molecule has 0 aliphatic heterocycles. The van der Waals surface area contributed by atoms with E-state index in [1.807, 2.05) is 0 Å². The minimum atomic E-state index is -2.46. The molecule has 0 aliphatic carbocycles. The number of hydrogen-bond donors (Lipinski definition) is 0. The van der Waals surface area contributed by atoms with E-state index in [0.29, 0.717) is 12.1 Å². The predicted molar refractivity (Wildman–Crippen MR) is 37.4 cm³/mol. The molecule has 0 amide bonds. The summed E-state index contributed by atoms with van der Waals surface area (Å²) < 4.78 is 49.0. The van der Waals surface area contributed by atoms with Crippen LogP contribution in [0.4, 0.5) is 17.7 Å². The molecule has 0 N–H and O–H groups in total. The van der Waals surface area contributed by atoms with Crippen LogP contribution < -0.4 is 0 Å². The second-order valence-electron chi connectivity index (χ2n) is 2.43. The first kappa shape index (κ1) is 10.5. The number of alkyl halides is 1. The fourth-order valence-corrected chi connectivity index (χ4v) is 0.845. The largest absolute Gasteiger partial charge is 0.387 e. The molecule has 1 aromatic rings. The lowest BCUT2D eigenvalue weighted by Crippen LogP contribution is -2.08. The van der Waals surface area contributed by atoms with Crippen molar-refractivity contribution in [1.82, 2.24) is 0 Å². The van der Waals surface area contributed by atoms with Crippen LogP contribution in [0.2, 0.25) is 0 Å². The minimum absolute atomic E-state index is 0.455. The Labute approximate surface area is 76.0 Å². The van der Waals surface area contributed by atoms with Gasteiger partial charge in [-0.25, -0.2) is 18.0 Å². The van der Waals surface area contributed by atoms with Gasteiger partial charge in [-0.3, -0.25) is 4.94 Å². The van der Waals surface area contributed by atoms with Crippen LogP contribution in [0.25, 0.3) is 0 Å². The number of carbonyl (C=O) groups is 1. The van der Waals surface area contributed by atoms with Gasteiger partial charge < -0.3 is 0 Å². The maximum absolute atomic E-state index is 12.8. The quantitative estimate of drug-likeness (QED) is 0.697. The van der Waals surface area contributed by atoms with Crippen molar-refractivity contribution in [1.29, 1.82) is 0 Å². The van der Waals surface area contributed by atoms with Gasteiger partial charge in [0.2, 0.25) is 6.17 Å². The maximum Gasteiger partial charge on any atom is 0.387 e. The molecule has 0 fully saturated rings. The van der Waals surface area contributed by atoms with E-state index in [2.05, 4.69) is 4.94 Å². The van der Waals surface area contributed by atoms with Crippen LogP contribution in [0, 0.1) is 11.6 Å². The molecule has 76 valence electrons. The lowest BCUT2D eigenvalue weighted by atomic mass is 10.1. The highest BCUT2D eigenvalue weighted by molar-refractivity contribution is 5.75. The van der Waals surface area contributed by atoms with E-state index in [4.69, 9.17) is 0 Å². The Hall–Kier alpha value is -1.59. The number of hydrogen-bond acceptors (Lipinski definition) is 2. The highest BCUT2D eigenvalue weighted by atomic mass is 19.3. The summed E-state index contributed by atoms with van der Waals surface area (Å²) in [5.41, 5.74) is -0.508. The first-order valence-electron chi connectivity index (χ1n) is 3.47. The second kappa shape index (κ2) is 4.08. The number of carbonyl (C=O) groups excluding carboxylic acids is 1. The molecular formula is C8H4F4O2. The zero-order valence-electron chi connectivity index (χ0n) is 6.64. The Morgan fingerprint density at radius 3 is 2.43 bits per heavy atom. The lowest BCUT2D eigenvalue weighted by molar-refractivity contribution is -0.190. The molecule has 14 heavy (non-hydrogen) atoms. The summed E-state index contributed by atoms with van der Waals surface area (Å²) in [4.78, 5) is 12.9. The van der Waals surface area contributed by atoms with E-state index in [1.54, 1.807) is 0 Å². The van der Waals surface area contributed by atoms with Gasteiger partial charge in [-0.2, -0.15) is 0 Å². The molecule has 0 spiro atoms. The van der Waals surface area contributed by atoms with Crippen molar-refractivity contribution in [2.24, 2.45) is 0 Å². The van der Waals surface area contributed by atoms with Gasteiger partial charge in [0.1, 0.15) is 0 Å². The van der Waals surface area contributed by atoms with Crippen molar-refractivity contribution in [3.63, 3.8) is 0 Å². The minimum Gasteiger partial charge on any atom is -0.251 e. The maximum atomic E-state index is 12.8. The highest BCUT2D eigenvalue weighted by Gasteiger charge is 2.23. The van der Waals surface area contributed by atoms with E-state index in [-0.39, 0.29) is 0 Å². The fourth-order valence-electron chi connectivity index (χ4n) is 0.845. The third-order valence-corrected chi connectivity index (χ3v) is 1.52. The van der Waals surface area contributed by atoms with E-state index >= 15 is 0 Å². The molecule has 0 saturated heterocycles. The summed E-state index contributed by atoms with van der Waals surface area (Å²) in [6, 6.07) is 1.90. The Balaban J connectivity index is 2.96. The van der Waals surface area contributed by atoms with Crippen LogP contribution in [0.5, 0.6) is 0 Å². The molecule has 1 atom stereocenters. The second-order valence-corrected chi connectivity index (χ2v) is 2.43. The molecule has 0 heterocycles. The van der Waals surface area contributed by atoms with Crippen LogP contribution in [0.3, 0.4) is 0 Å². The van der Waals surface area contributed by atoms with Crippen molar-refractivity contribution in [3.8, 4) is 0 Å². The zero-order valence-corrected chi connectivity index (χ0v) is 6.64. The normalized spacial score (nSPS) is 12.3. The molecule has 0 aromatic heterocycles. The molecule has 0 radical (unpaired) electrons. The molecule has 6 heteroatoms. The van der Waals surface area contributed by atoms with Gasteiger partial charge in [0.05, 0.1) is 0 Å². The Bertz CT molecular complexity index is 353. The van der Waals surface area contributed by atoms with Crippen LogP contribution in [0.1, 0.15) is 11.7 Å². The summed E-state index contributed by atoms with van der Waals surface area (Å²) in [5, 5.41) is 0. The molecule has 2 nitrogen and oxygen atoms in total. The van der Waals surface area contributed by atoms with Gasteiger partial charge >= 0.3 is 5.97 Å². The first-order chi connectivity index (χ1) is 6.56. The van der Waals surface area contributed by atoms with Crippen LogP contribution in [-0.2, 0) is 9.74 Å². The van der Waals surface area contributed by atoms with Crippen molar-refractivity contribution in [3.05, 3.63) is 35.4 Å². The predicted octanol–water partition coefficient (Wildman–Crippen LogP) is 2.40. The van der Waals surface area contributed by atoms with Gasteiger partial charge in [0.25, 0.3) is 0 Å². The topological polar surface area (TPSA) is 26.3 Å². The average molecular weight is 208 g/mol. The zero-order chi connectivity index (χ0) is 10.7. The smallest absolute Gasteiger partial charge is 0.251 e. The average Bonchev–Trinajstić information content (AvgIpc) is 2.20. The van der Waals surface area contributed by atoms with Gasteiger partial charge in [-0.15, -0.1) is 0 Å². The van der Waals surface area contributed by atoms with E-state index < -0.39 is 29.3 Å². The third-order valence-electron chi connectivity index (χ3n) is 1.52. The Kier molecular flexibility index (Phi) is 3.06. The van der Waals surface area contributed by atoms with Gasteiger partial charge in [0.15, 0.2) is 11.6 Å². The summed E-state index contributed by atoms with van der Waals surface area (Å²) >= 11 is 0. The van der Waals surface area contributed by atoms with E-state index in [9.17, 15) is 22.5 Å². The molecule has 1 rings (SSSR count). The monoisotopic (exact) mass is 208 g/mol. The number of halogens is 4. The van der Waals surface area contributed by atoms with Gasteiger partial charge in [-0.1, -0.05) is 6.07 Å². The highest BCUT2D eigenvalue weighted by Crippen LogP contribution is 2.21. The Morgan fingerprint density at radius 1 is 1.29 bits per heavy atom. The Morgan fingerprint density at radius 2 is 1.93 bits per heavy atom. The van der Waals surface area contributed by atoms with Crippen LogP contribution in [-0.4, -0.2) is 5.97 Å². The van der Waals surface area contributed by atoms with E-state index in [1.165, 1.54) is 0 Å². The summed E-state index contributed by atoms with van der Waals surface area (Å²) in [5.74, 6) is -4.32. The molecule has 0 aliphatic rings. The molecule has 0 bridgehead atoms. The number of rotatable bonds is 2. The van der Waals surface area contributed by atoms with Crippen molar-refractivity contribution in [2.75, 3.05) is 0 Å². The fraction of sp³-hybridized carbons (Fsp3) is 0.125. The SMILES string of the molecule is O=C(OF)C(F)c1ccc(F)c(F)c1. The van der Waals surface area contributed by atoms with Crippen molar-refractivity contribution in [2.45, 2.75) is 6.17 Å². The molecule has 1 unspecified atom stereocenters. The van der Waals surface area contributed by atoms with Crippen molar-refractivity contribution >= 4 is 5.97 Å². The first-order valence-corrected chi connectivity index (χ1v) is 3.47. The third kappa shape index (κ3) is 2.01. The summed E-state index contributed by atoms with van der Waals surface area (Å²) in [6.45, 7) is 0. The molecule has 1 aromatic carbocycles. The van der Waals surface area contributed by atoms with Crippen molar-refractivity contribution < 1.29 is 27.4 Å². The summed E-state index contributed by atoms with van der Waals surface area (Å²) in [7, 11) is 0. The van der Waals surface area contributed by atoms with Gasteiger partial charge in [0, 0.05) is 10.1 Å². The number of benzene rings is 1. The lowest BCUT2D eigenvalue weighted by Gasteiger charge is -2.03. The van der Waals surface area contributed by atoms with Gasteiger partial charge in [-0.05, 0) is 12.1 Å². The molecular weight excluding hydrogens is 204 g/mol. The van der Waals surface area contributed by atoms with Crippen LogP contribution in [0.15, 0.2) is 18.2 Å². The summed E-state index contributed by atoms with van der Waals surface area (Å²) in [6.07, 6.45) is -2.46. The standard InChI is InChI=1S/C8H4F4O2/c9-5-2-1-4(3-6(5)10)7(11)8(13)14-12/h1-3,7H. The molecule has 0 saturated carbocycles. The van der Waals surface area contributed by atoms with E-state index in [0.717, 1.165) is 6.07 Å².